The Balaban J connectivity index is 2.72. The van der Waals surface area contributed by atoms with E-state index in [0.29, 0.717) is 6.42 Å². The zero-order valence-electron chi connectivity index (χ0n) is 10.5. The van der Waals surface area contributed by atoms with Crippen molar-refractivity contribution in [2.24, 2.45) is 5.73 Å². The maximum absolute atomic E-state index is 9.95. The zero-order valence-corrected chi connectivity index (χ0v) is 10.5. The molecule has 16 heavy (non-hydrogen) atoms. The Morgan fingerprint density at radius 1 is 1.62 bits per heavy atom. The van der Waals surface area contributed by atoms with Crippen LogP contribution in [0.15, 0.2) is 12.4 Å². The highest BCUT2D eigenvalue weighted by Crippen LogP contribution is 2.21. The van der Waals surface area contributed by atoms with E-state index < -0.39 is 5.60 Å². The van der Waals surface area contributed by atoms with Gasteiger partial charge in [0.05, 0.1) is 5.60 Å². The maximum atomic E-state index is 9.95. The van der Waals surface area contributed by atoms with Crippen LogP contribution in [0.2, 0.25) is 0 Å². The van der Waals surface area contributed by atoms with Gasteiger partial charge >= 0.3 is 0 Å². The third-order valence-electron chi connectivity index (χ3n) is 2.87. The van der Waals surface area contributed by atoms with Gasteiger partial charge in [-0.05, 0) is 26.7 Å². The van der Waals surface area contributed by atoms with Crippen LogP contribution < -0.4 is 5.73 Å². The van der Waals surface area contributed by atoms with E-state index in [1.165, 1.54) is 0 Å². The highest BCUT2D eigenvalue weighted by Gasteiger charge is 2.23. The Hall–Kier alpha value is -0.870. The first-order valence-electron chi connectivity index (χ1n) is 5.94. The molecule has 0 amide bonds. The van der Waals surface area contributed by atoms with Crippen molar-refractivity contribution in [1.82, 2.24) is 9.55 Å². The van der Waals surface area contributed by atoms with Crippen molar-refractivity contribution in [3.8, 4) is 0 Å². The summed E-state index contributed by atoms with van der Waals surface area (Å²) < 4.78 is 2.13. The molecule has 0 aliphatic heterocycles. The molecule has 0 bridgehead atoms. The van der Waals surface area contributed by atoms with Gasteiger partial charge in [-0.1, -0.05) is 6.92 Å². The molecule has 3 N–H and O–H groups in total. The second-order valence-corrected chi connectivity index (χ2v) is 4.75. The highest BCUT2D eigenvalue weighted by atomic mass is 16.3. The van der Waals surface area contributed by atoms with Gasteiger partial charge in [0.2, 0.25) is 0 Å². The van der Waals surface area contributed by atoms with Crippen molar-refractivity contribution >= 4 is 0 Å². The van der Waals surface area contributed by atoms with Crippen LogP contribution in [0.5, 0.6) is 0 Å². The van der Waals surface area contributed by atoms with Gasteiger partial charge in [0.25, 0.3) is 0 Å². The van der Waals surface area contributed by atoms with Crippen molar-refractivity contribution < 1.29 is 5.11 Å². The first-order chi connectivity index (χ1) is 7.50. The fourth-order valence-electron chi connectivity index (χ4n) is 1.98. The summed E-state index contributed by atoms with van der Waals surface area (Å²) in [4.78, 5) is 4.33. The topological polar surface area (TPSA) is 64.1 Å². The summed E-state index contributed by atoms with van der Waals surface area (Å²) in [5, 5.41) is 9.95. The number of imidazole rings is 1. The Kier molecular flexibility index (Phi) is 4.50. The van der Waals surface area contributed by atoms with Crippen LogP contribution in [0.25, 0.3) is 0 Å². The minimum atomic E-state index is -0.798. The van der Waals surface area contributed by atoms with Crippen LogP contribution in [0.1, 0.15) is 45.5 Å². The number of hydrogen-bond acceptors (Lipinski definition) is 3. The molecule has 0 aliphatic carbocycles. The molecule has 0 radical (unpaired) electrons. The van der Waals surface area contributed by atoms with Crippen LogP contribution >= 0.6 is 0 Å². The molecule has 1 aromatic rings. The predicted molar refractivity (Wildman–Crippen MR) is 65.2 cm³/mol. The largest absolute Gasteiger partial charge is 0.389 e. The zero-order chi connectivity index (χ0) is 12.2. The number of aromatic nitrogens is 2. The van der Waals surface area contributed by atoms with E-state index in [-0.39, 0.29) is 12.6 Å². The maximum Gasteiger partial charge on any atom is 0.108 e. The first kappa shape index (κ1) is 13.2. The molecular formula is C12H23N3O. The van der Waals surface area contributed by atoms with Gasteiger partial charge in [0, 0.05) is 31.4 Å². The van der Waals surface area contributed by atoms with Gasteiger partial charge in [-0.25, -0.2) is 4.98 Å². The number of nitrogens with two attached hydrogens (primary N) is 1. The van der Waals surface area contributed by atoms with Gasteiger partial charge in [0.1, 0.15) is 5.82 Å². The Labute approximate surface area is 97.5 Å². The molecule has 2 atom stereocenters. The van der Waals surface area contributed by atoms with Gasteiger partial charge in [0.15, 0.2) is 0 Å². The molecule has 1 heterocycles. The molecule has 4 heteroatoms. The van der Waals surface area contributed by atoms with Crippen molar-refractivity contribution in [2.75, 3.05) is 6.54 Å². The van der Waals surface area contributed by atoms with Crippen molar-refractivity contribution in [3.05, 3.63) is 18.2 Å². The van der Waals surface area contributed by atoms with Gasteiger partial charge in [-0.2, -0.15) is 0 Å². The average Bonchev–Trinajstić information content (AvgIpc) is 2.66. The summed E-state index contributed by atoms with van der Waals surface area (Å²) in [5.74, 6) is 1.09. The lowest BCUT2D eigenvalue weighted by Gasteiger charge is -2.26. The second kappa shape index (κ2) is 5.46. The summed E-state index contributed by atoms with van der Waals surface area (Å²) in [6, 6.07) is 0.225. The van der Waals surface area contributed by atoms with Crippen molar-refractivity contribution in [2.45, 2.75) is 51.7 Å². The molecule has 0 aromatic carbocycles. The molecule has 92 valence electrons. The summed E-state index contributed by atoms with van der Waals surface area (Å²) in [6.45, 7) is 6.29. The van der Waals surface area contributed by atoms with E-state index in [1.54, 1.807) is 6.92 Å². The fourth-order valence-corrected chi connectivity index (χ4v) is 1.98. The van der Waals surface area contributed by atoms with Crippen molar-refractivity contribution in [1.29, 1.82) is 0 Å². The summed E-state index contributed by atoms with van der Waals surface area (Å²) >= 11 is 0. The molecule has 1 aromatic heterocycles. The molecule has 0 spiro atoms. The Morgan fingerprint density at radius 3 is 2.88 bits per heavy atom. The Morgan fingerprint density at radius 2 is 2.31 bits per heavy atom. The molecule has 1 rings (SSSR count). The van der Waals surface area contributed by atoms with Crippen LogP contribution in [-0.2, 0) is 6.42 Å². The predicted octanol–water partition coefficient (Wildman–Crippen LogP) is 1.50. The van der Waals surface area contributed by atoms with Crippen LogP contribution in [0.3, 0.4) is 0 Å². The molecule has 0 saturated heterocycles. The van der Waals surface area contributed by atoms with Crippen molar-refractivity contribution in [3.63, 3.8) is 0 Å². The van der Waals surface area contributed by atoms with Crippen LogP contribution in [-0.4, -0.2) is 26.8 Å². The lowest BCUT2D eigenvalue weighted by Crippen LogP contribution is -2.36. The SMILES string of the molecule is CCCc1nccn1C(C)CC(C)(O)CN. The van der Waals surface area contributed by atoms with E-state index >= 15 is 0 Å². The molecular weight excluding hydrogens is 202 g/mol. The van der Waals surface area contributed by atoms with E-state index in [4.69, 9.17) is 5.73 Å². The van der Waals surface area contributed by atoms with Gasteiger partial charge < -0.3 is 15.4 Å². The van der Waals surface area contributed by atoms with E-state index in [2.05, 4.69) is 23.4 Å². The fraction of sp³-hybridized carbons (Fsp3) is 0.750. The number of nitrogens with zero attached hydrogens (tertiary/aromatic N) is 2. The molecule has 2 unspecified atom stereocenters. The minimum Gasteiger partial charge on any atom is -0.389 e. The lowest BCUT2D eigenvalue weighted by atomic mass is 9.98. The third kappa shape index (κ3) is 3.32. The van der Waals surface area contributed by atoms with E-state index in [9.17, 15) is 5.11 Å². The minimum absolute atomic E-state index is 0.225. The number of rotatable bonds is 6. The van der Waals surface area contributed by atoms with Gasteiger partial charge in [-0.15, -0.1) is 0 Å². The second-order valence-electron chi connectivity index (χ2n) is 4.75. The van der Waals surface area contributed by atoms with Crippen LogP contribution in [0, 0.1) is 0 Å². The Bertz CT molecular complexity index is 320. The number of aliphatic hydroxyl groups is 1. The molecule has 0 fully saturated rings. The average molecular weight is 225 g/mol. The highest BCUT2D eigenvalue weighted by molar-refractivity contribution is 4.96. The summed E-state index contributed by atoms with van der Waals surface area (Å²) in [6.07, 6.45) is 6.50. The third-order valence-corrected chi connectivity index (χ3v) is 2.87. The molecule has 0 saturated carbocycles. The number of aryl methyl sites for hydroxylation is 1. The smallest absolute Gasteiger partial charge is 0.108 e. The van der Waals surface area contributed by atoms with E-state index in [0.717, 1.165) is 18.7 Å². The summed E-state index contributed by atoms with van der Waals surface area (Å²) in [5.41, 5.74) is 4.73. The first-order valence-corrected chi connectivity index (χ1v) is 5.94. The molecule has 0 aliphatic rings. The number of hydrogen-bond donors (Lipinski definition) is 2. The standard InChI is InChI=1S/C12H23N3O/c1-4-5-11-14-6-7-15(11)10(2)8-12(3,16)9-13/h6-7,10,16H,4-5,8-9,13H2,1-3H3. The monoisotopic (exact) mass is 225 g/mol. The quantitative estimate of drug-likeness (QED) is 0.771. The normalized spacial score (nSPS) is 17.1. The van der Waals surface area contributed by atoms with Gasteiger partial charge in [-0.3, -0.25) is 0 Å². The lowest BCUT2D eigenvalue weighted by molar-refractivity contribution is 0.0461. The molecule has 4 nitrogen and oxygen atoms in total. The summed E-state index contributed by atoms with van der Waals surface area (Å²) in [7, 11) is 0. The van der Waals surface area contributed by atoms with E-state index in [1.807, 2.05) is 12.4 Å². The van der Waals surface area contributed by atoms with Crippen LogP contribution in [0.4, 0.5) is 0 Å².